The second-order valence-electron chi connectivity index (χ2n) is 6.91. The third-order valence-corrected chi connectivity index (χ3v) is 5.63. The van der Waals surface area contributed by atoms with E-state index in [9.17, 15) is 18.0 Å². The molecule has 26 heavy (non-hydrogen) atoms. The van der Waals surface area contributed by atoms with Crippen LogP contribution >= 0.6 is 0 Å². The molecule has 1 N–H and O–H groups in total. The van der Waals surface area contributed by atoms with Crippen molar-refractivity contribution in [1.82, 2.24) is 5.32 Å². The summed E-state index contributed by atoms with van der Waals surface area (Å²) in [7, 11) is 0. The van der Waals surface area contributed by atoms with E-state index < -0.39 is 35.9 Å². The fourth-order valence-corrected chi connectivity index (χ4v) is 4.45. The molecule has 0 saturated carbocycles. The minimum absolute atomic E-state index is 0.224. The van der Waals surface area contributed by atoms with Gasteiger partial charge in [0.2, 0.25) is 0 Å². The number of rotatable bonds is 2. The number of ketones is 1. The molecule has 4 rings (SSSR count). The van der Waals surface area contributed by atoms with E-state index >= 15 is 0 Å². The average molecular weight is 361 g/mol. The van der Waals surface area contributed by atoms with Crippen molar-refractivity contribution < 1.29 is 18.0 Å². The first-order valence-electron chi connectivity index (χ1n) is 8.64. The van der Waals surface area contributed by atoms with Gasteiger partial charge < -0.3 is 5.32 Å². The minimum atomic E-state index is -4.40. The van der Waals surface area contributed by atoms with Crippen LogP contribution in [0.4, 0.5) is 13.2 Å². The maximum atomic E-state index is 13.3. The predicted molar refractivity (Wildman–Crippen MR) is 89.1 cm³/mol. The highest BCUT2D eigenvalue weighted by atomic mass is 19.4. The summed E-state index contributed by atoms with van der Waals surface area (Å²) in [5.74, 6) is -2.10. The van der Waals surface area contributed by atoms with Crippen LogP contribution in [-0.2, 0) is 10.2 Å². The molecule has 0 bridgehead atoms. The fraction of sp³-hybridized carbons (Fsp3) is 0.421. The Bertz CT molecular complexity index is 841. The topological polar surface area (TPSA) is 53.8 Å². The number of nitrogens with zero attached hydrogens (tertiary/aromatic N) is 2. The summed E-state index contributed by atoms with van der Waals surface area (Å²) in [5.41, 5.74) is 1.73. The number of Topliss-reactive ketones (excluding diaryl/α,β-unsaturated/α-hetero) is 1. The third-order valence-electron chi connectivity index (χ3n) is 5.63. The number of azo groups is 1. The number of hydrogen-bond acceptors (Lipinski definition) is 4. The Balaban J connectivity index is 1.93. The van der Waals surface area contributed by atoms with E-state index in [0.29, 0.717) is 17.7 Å². The Morgan fingerprint density at radius 1 is 1.23 bits per heavy atom. The molecule has 2 heterocycles. The summed E-state index contributed by atoms with van der Waals surface area (Å²) in [5, 5.41) is 11.2. The molecule has 0 aromatic heterocycles. The Morgan fingerprint density at radius 3 is 2.62 bits per heavy atom. The molecule has 1 unspecified atom stereocenters. The van der Waals surface area contributed by atoms with Crippen LogP contribution in [0, 0.1) is 5.92 Å². The van der Waals surface area contributed by atoms with E-state index in [-0.39, 0.29) is 6.42 Å². The van der Waals surface area contributed by atoms with Crippen LogP contribution in [0.3, 0.4) is 0 Å². The maximum absolute atomic E-state index is 13.3. The van der Waals surface area contributed by atoms with Gasteiger partial charge in [-0.1, -0.05) is 37.3 Å². The molecule has 3 aliphatic rings. The fourth-order valence-electron chi connectivity index (χ4n) is 4.45. The molecular weight excluding hydrogens is 343 g/mol. The quantitative estimate of drug-likeness (QED) is 0.848. The summed E-state index contributed by atoms with van der Waals surface area (Å²) in [4.78, 5) is 12.9. The lowest BCUT2D eigenvalue weighted by atomic mass is 9.60. The van der Waals surface area contributed by atoms with Crippen LogP contribution in [0.5, 0.6) is 0 Å². The van der Waals surface area contributed by atoms with Gasteiger partial charge in [-0.15, -0.1) is 0 Å². The van der Waals surface area contributed by atoms with Gasteiger partial charge >= 0.3 is 6.18 Å². The molecule has 1 aromatic rings. The Kier molecular flexibility index (Phi) is 3.78. The van der Waals surface area contributed by atoms with Gasteiger partial charge in [0, 0.05) is 23.3 Å². The van der Waals surface area contributed by atoms with Crippen molar-refractivity contribution in [2.24, 2.45) is 16.1 Å². The number of allylic oxidation sites excluding steroid dienone is 2. The first kappa shape index (κ1) is 17.0. The van der Waals surface area contributed by atoms with Crippen molar-refractivity contribution >= 4 is 5.78 Å². The van der Waals surface area contributed by atoms with Crippen molar-refractivity contribution in [3.8, 4) is 0 Å². The van der Waals surface area contributed by atoms with Crippen molar-refractivity contribution in [3.05, 3.63) is 58.9 Å². The third kappa shape index (κ3) is 2.33. The van der Waals surface area contributed by atoms with Gasteiger partial charge in [0.15, 0.2) is 11.9 Å². The van der Waals surface area contributed by atoms with Crippen LogP contribution in [-0.4, -0.2) is 18.1 Å². The molecule has 4 nitrogen and oxygen atoms in total. The molecule has 1 aromatic carbocycles. The van der Waals surface area contributed by atoms with Crippen molar-refractivity contribution in [3.63, 3.8) is 0 Å². The van der Waals surface area contributed by atoms with Crippen LogP contribution in [0.25, 0.3) is 0 Å². The molecule has 3 atom stereocenters. The zero-order valence-corrected chi connectivity index (χ0v) is 14.2. The summed E-state index contributed by atoms with van der Waals surface area (Å²) >= 11 is 0. The van der Waals surface area contributed by atoms with Crippen molar-refractivity contribution in [1.29, 1.82) is 0 Å². The summed E-state index contributed by atoms with van der Waals surface area (Å²) in [6.07, 6.45) is -3.46. The molecule has 0 fully saturated rings. The monoisotopic (exact) mass is 361 g/mol. The normalized spacial score (nSPS) is 30.6. The van der Waals surface area contributed by atoms with Gasteiger partial charge in [0.05, 0.1) is 17.5 Å². The molecule has 136 valence electrons. The number of nitrogens with one attached hydrogen (secondary N) is 1. The molecule has 0 radical (unpaired) electrons. The van der Waals surface area contributed by atoms with Crippen molar-refractivity contribution in [2.75, 3.05) is 0 Å². The Hall–Kier alpha value is -2.44. The second kappa shape index (κ2) is 5.79. The Labute approximate surface area is 148 Å². The molecular formula is C19H18F3N3O. The number of hydrogen-bond donors (Lipinski definition) is 1. The average Bonchev–Trinajstić information content (AvgIpc) is 3.08. The van der Waals surface area contributed by atoms with E-state index in [2.05, 4.69) is 15.5 Å². The van der Waals surface area contributed by atoms with E-state index in [4.69, 9.17) is 0 Å². The zero-order valence-electron chi connectivity index (χ0n) is 14.2. The predicted octanol–water partition coefficient (Wildman–Crippen LogP) is 4.41. The van der Waals surface area contributed by atoms with Gasteiger partial charge in [0.1, 0.15) is 0 Å². The van der Waals surface area contributed by atoms with Gasteiger partial charge in [-0.05, 0) is 18.4 Å². The lowest BCUT2D eigenvalue weighted by molar-refractivity contribution is -0.179. The van der Waals surface area contributed by atoms with Crippen molar-refractivity contribution in [2.45, 2.75) is 43.9 Å². The van der Waals surface area contributed by atoms with Crippen LogP contribution in [0.2, 0.25) is 0 Å². The smallest absolute Gasteiger partial charge is 0.362 e. The van der Waals surface area contributed by atoms with Gasteiger partial charge in [-0.25, -0.2) is 0 Å². The SMILES string of the molecule is CC[C@]1(c2ccccc2)C2=CN=NC2NC2=C1C(=O)C[C@@H](C(F)(F)F)C2. The second-order valence-corrected chi connectivity index (χ2v) is 6.91. The van der Waals surface area contributed by atoms with E-state index in [0.717, 1.165) is 11.1 Å². The highest BCUT2D eigenvalue weighted by Gasteiger charge is 2.54. The van der Waals surface area contributed by atoms with Gasteiger partial charge in [-0.3, -0.25) is 4.79 Å². The first-order chi connectivity index (χ1) is 12.4. The number of carbonyl (C=O) groups is 1. The maximum Gasteiger partial charge on any atom is 0.392 e. The highest BCUT2D eigenvalue weighted by molar-refractivity contribution is 6.01. The van der Waals surface area contributed by atoms with E-state index in [1.165, 1.54) is 0 Å². The molecule has 1 aliphatic carbocycles. The van der Waals surface area contributed by atoms with E-state index in [1.807, 2.05) is 37.3 Å². The molecule has 2 aliphatic heterocycles. The largest absolute Gasteiger partial charge is 0.392 e. The lowest BCUT2D eigenvalue weighted by Gasteiger charge is -2.46. The Morgan fingerprint density at radius 2 is 1.96 bits per heavy atom. The number of alkyl halides is 3. The molecule has 0 saturated heterocycles. The molecule has 0 spiro atoms. The van der Waals surface area contributed by atoms with Crippen LogP contribution in [0.1, 0.15) is 31.7 Å². The summed E-state index contributed by atoms with van der Waals surface area (Å²) in [6.45, 7) is 1.95. The molecule has 7 heteroatoms. The number of carbonyl (C=O) groups excluding carboxylic acids is 1. The zero-order chi connectivity index (χ0) is 18.5. The first-order valence-corrected chi connectivity index (χ1v) is 8.64. The minimum Gasteiger partial charge on any atom is -0.362 e. The molecule has 0 amide bonds. The van der Waals surface area contributed by atoms with Gasteiger partial charge in [0.25, 0.3) is 0 Å². The van der Waals surface area contributed by atoms with Crippen LogP contribution < -0.4 is 5.32 Å². The van der Waals surface area contributed by atoms with Crippen LogP contribution in [0.15, 0.2) is 63.6 Å². The van der Waals surface area contributed by atoms with E-state index in [1.54, 1.807) is 6.20 Å². The number of benzene rings is 1. The summed E-state index contributed by atoms with van der Waals surface area (Å²) < 4.78 is 39.8. The highest BCUT2D eigenvalue weighted by Crippen LogP contribution is 2.53. The summed E-state index contributed by atoms with van der Waals surface area (Å²) in [6, 6.07) is 9.46. The standard InChI is InChI=1S/C19H18F3N3O/c1-2-18(11-6-4-3-5-7-11)13-10-23-25-17(13)24-14-8-12(19(20,21)22)9-15(26)16(14)18/h3-7,10,12,17,24H,2,8-9H2,1H3/t12-,17?,18-/m0/s1. The van der Waals surface area contributed by atoms with Gasteiger partial charge in [-0.2, -0.15) is 23.4 Å². The lowest BCUT2D eigenvalue weighted by Crippen LogP contribution is -2.51. The number of fused-ring (bicyclic) bond motifs is 1. The number of halogens is 3.